The molecule has 0 bridgehead atoms. The average molecular weight is 347 g/mol. The van der Waals surface area contributed by atoms with Crippen molar-refractivity contribution in [3.63, 3.8) is 0 Å². The first-order valence-corrected chi connectivity index (χ1v) is 7.56. The molecule has 1 aliphatic rings. The molecule has 0 radical (unpaired) electrons. The van der Waals surface area contributed by atoms with Crippen LogP contribution in [0.15, 0.2) is 47.1 Å². The van der Waals surface area contributed by atoms with Gasteiger partial charge in [-0.25, -0.2) is 4.98 Å². The number of benzene rings is 1. The average Bonchev–Trinajstić information content (AvgIpc) is 2.44. The van der Waals surface area contributed by atoms with Crippen LogP contribution in [0.5, 0.6) is 5.88 Å². The van der Waals surface area contributed by atoms with Crippen LogP contribution in [-0.2, 0) is 0 Å². The van der Waals surface area contributed by atoms with Crippen LogP contribution in [0.1, 0.15) is 15.9 Å². The molecule has 0 N–H and O–H groups in total. The highest BCUT2D eigenvalue weighted by molar-refractivity contribution is 9.10. The number of likely N-dealkylation sites (tertiary alicyclic amines) is 1. The van der Waals surface area contributed by atoms with Crippen molar-refractivity contribution in [2.45, 2.75) is 13.0 Å². The van der Waals surface area contributed by atoms with E-state index >= 15 is 0 Å². The molecule has 1 aromatic heterocycles. The van der Waals surface area contributed by atoms with Gasteiger partial charge in [0.25, 0.3) is 5.91 Å². The van der Waals surface area contributed by atoms with E-state index in [1.165, 1.54) is 0 Å². The SMILES string of the molecule is Cc1ccc(C(=O)N2CC(Oc3ncccc3Br)C2)cc1. The zero-order valence-corrected chi connectivity index (χ0v) is 13.2. The second kappa shape index (κ2) is 5.85. The van der Waals surface area contributed by atoms with E-state index in [1.54, 1.807) is 11.1 Å². The van der Waals surface area contributed by atoms with Crippen molar-refractivity contribution in [1.82, 2.24) is 9.88 Å². The lowest BCUT2D eigenvalue weighted by molar-refractivity contribution is 0.0157. The van der Waals surface area contributed by atoms with Gasteiger partial charge in [0, 0.05) is 11.8 Å². The Kier molecular flexibility index (Phi) is 3.92. The minimum Gasteiger partial charge on any atom is -0.470 e. The molecule has 0 saturated carbocycles. The molecule has 4 nitrogen and oxygen atoms in total. The first-order valence-electron chi connectivity index (χ1n) is 6.76. The molecule has 0 atom stereocenters. The molecule has 0 unspecified atom stereocenters. The zero-order chi connectivity index (χ0) is 14.8. The summed E-state index contributed by atoms with van der Waals surface area (Å²) in [5.74, 6) is 0.625. The summed E-state index contributed by atoms with van der Waals surface area (Å²) < 4.78 is 6.59. The number of halogens is 1. The molecule has 108 valence electrons. The Labute approximate surface area is 131 Å². The van der Waals surface area contributed by atoms with Crippen LogP contribution in [0.2, 0.25) is 0 Å². The van der Waals surface area contributed by atoms with Gasteiger partial charge >= 0.3 is 0 Å². The van der Waals surface area contributed by atoms with Crippen LogP contribution < -0.4 is 4.74 Å². The molecule has 3 rings (SSSR count). The first kappa shape index (κ1) is 14.1. The Morgan fingerprint density at radius 1 is 1.29 bits per heavy atom. The summed E-state index contributed by atoms with van der Waals surface area (Å²) in [6.07, 6.45) is 1.69. The van der Waals surface area contributed by atoms with Gasteiger partial charge in [-0.15, -0.1) is 0 Å². The fraction of sp³-hybridized carbons (Fsp3) is 0.250. The third-order valence-electron chi connectivity index (χ3n) is 3.44. The van der Waals surface area contributed by atoms with Crippen molar-refractivity contribution in [2.75, 3.05) is 13.1 Å². The monoisotopic (exact) mass is 346 g/mol. The normalized spacial score (nSPS) is 14.7. The lowest BCUT2D eigenvalue weighted by Gasteiger charge is -2.38. The van der Waals surface area contributed by atoms with Crippen LogP contribution >= 0.6 is 15.9 Å². The van der Waals surface area contributed by atoms with Crippen LogP contribution in [0.25, 0.3) is 0 Å². The summed E-state index contributed by atoms with van der Waals surface area (Å²) in [7, 11) is 0. The second-order valence-corrected chi connectivity index (χ2v) is 5.96. The summed E-state index contributed by atoms with van der Waals surface area (Å²) in [5, 5.41) is 0. The van der Waals surface area contributed by atoms with Crippen molar-refractivity contribution in [2.24, 2.45) is 0 Å². The highest BCUT2D eigenvalue weighted by Crippen LogP contribution is 2.25. The largest absolute Gasteiger partial charge is 0.470 e. The van der Waals surface area contributed by atoms with E-state index in [4.69, 9.17) is 4.74 Å². The smallest absolute Gasteiger partial charge is 0.254 e. The molecule has 1 saturated heterocycles. The Morgan fingerprint density at radius 3 is 2.67 bits per heavy atom. The number of carbonyl (C=O) groups is 1. The van der Waals surface area contributed by atoms with E-state index in [1.807, 2.05) is 43.3 Å². The van der Waals surface area contributed by atoms with Gasteiger partial charge < -0.3 is 9.64 Å². The van der Waals surface area contributed by atoms with E-state index in [0.29, 0.717) is 19.0 Å². The predicted octanol–water partition coefficient (Wildman–Crippen LogP) is 3.06. The number of rotatable bonds is 3. The Balaban J connectivity index is 1.57. The Hall–Kier alpha value is -1.88. The molecule has 21 heavy (non-hydrogen) atoms. The fourth-order valence-electron chi connectivity index (χ4n) is 2.17. The molecular formula is C16H15BrN2O2. The summed E-state index contributed by atoms with van der Waals surface area (Å²) in [5.41, 5.74) is 1.87. The molecule has 2 heterocycles. The minimum atomic E-state index is 0.00518. The molecule has 1 fully saturated rings. The minimum absolute atomic E-state index is 0.00518. The van der Waals surface area contributed by atoms with Crippen molar-refractivity contribution in [3.8, 4) is 5.88 Å². The van der Waals surface area contributed by atoms with Crippen LogP contribution in [0.4, 0.5) is 0 Å². The van der Waals surface area contributed by atoms with Gasteiger partial charge in [-0.3, -0.25) is 4.79 Å². The first-order chi connectivity index (χ1) is 10.1. The lowest BCUT2D eigenvalue weighted by atomic mass is 10.1. The van der Waals surface area contributed by atoms with Crippen molar-refractivity contribution in [1.29, 1.82) is 0 Å². The van der Waals surface area contributed by atoms with Gasteiger partial charge in [0.15, 0.2) is 0 Å². The highest BCUT2D eigenvalue weighted by atomic mass is 79.9. The summed E-state index contributed by atoms with van der Waals surface area (Å²) in [6, 6.07) is 11.3. The predicted molar refractivity (Wildman–Crippen MR) is 83.4 cm³/mol. The molecule has 2 aromatic rings. The summed E-state index contributed by atoms with van der Waals surface area (Å²) in [6.45, 7) is 3.19. The zero-order valence-electron chi connectivity index (χ0n) is 11.6. The maximum atomic E-state index is 12.2. The number of pyridine rings is 1. The van der Waals surface area contributed by atoms with E-state index in [0.717, 1.165) is 15.6 Å². The van der Waals surface area contributed by atoms with Gasteiger partial charge in [0.1, 0.15) is 6.10 Å². The number of hydrogen-bond donors (Lipinski definition) is 0. The molecule has 1 aliphatic heterocycles. The van der Waals surface area contributed by atoms with Gasteiger partial charge in [-0.2, -0.15) is 0 Å². The summed E-state index contributed by atoms with van der Waals surface area (Å²) >= 11 is 3.40. The topological polar surface area (TPSA) is 42.4 Å². The molecule has 1 aromatic carbocycles. The number of aromatic nitrogens is 1. The summed E-state index contributed by atoms with van der Waals surface area (Å²) in [4.78, 5) is 18.2. The van der Waals surface area contributed by atoms with Crippen LogP contribution in [-0.4, -0.2) is 35.0 Å². The quantitative estimate of drug-likeness (QED) is 0.857. The van der Waals surface area contributed by atoms with Crippen molar-refractivity contribution < 1.29 is 9.53 Å². The molecule has 1 amide bonds. The van der Waals surface area contributed by atoms with Gasteiger partial charge in [0.2, 0.25) is 5.88 Å². The number of nitrogens with zero attached hydrogens (tertiary/aromatic N) is 2. The maximum absolute atomic E-state index is 12.2. The Morgan fingerprint density at radius 2 is 2.00 bits per heavy atom. The standard InChI is InChI=1S/C16H15BrN2O2/c1-11-4-6-12(7-5-11)16(20)19-9-13(10-19)21-15-14(17)3-2-8-18-15/h2-8,13H,9-10H2,1H3. The molecule has 0 spiro atoms. The number of ether oxygens (including phenoxy) is 1. The van der Waals surface area contributed by atoms with Crippen molar-refractivity contribution in [3.05, 3.63) is 58.2 Å². The number of carbonyl (C=O) groups excluding carboxylic acids is 1. The molecule has 5 heteroatoms. The fourth-order valence-corrected chi connectivity index (χ4v) is 2.52. The number of amides is 1. The van der Waals surface area contributed by atoms with Crippen LogP contribution in [0, 0.1) is 6.92 Å². The van der Waals surface area contributed by atoms with E-state index in [-0.39, 0.29) is 12.0 Å². The van der Waals surface area contributed by atoms with Crippen LogP contribution in [0.3, 0.4) is 0 Å². The van der Waals surface area contributed by atoms with Crippen molar-refractivity contribution >= 4 is 21.8 Å². The second-order valence-electron chi connectivity index (χ2n) is 5.11. The van der Waals surface area contributed by atoms with Gasteiger partial charge in [0.05, 0.1) is 17.6 Å². The Bertz CT molecular complexity index is 652. The number of hydrogen-bond acceptors (Lipinski definition) is 3. The number of aryl methyl sites for hydroxylation is 1. The van der Waals surface area contributed by atoms with Gasteiger partial charge in [-0.05, 0) is 47.1 Å². The third kappa shape index (κ3) is 3.08. The van der Waals surface area contributed by atoms with Gasteiger partial charge in [-0.1, -0.05) is 17.7 Å². The van der Waals surface area contributed by atoms with E-state index in [2.05, 4.69) is 20.9 Å². The third-order valence-corrected chi connectivity index (χ3v) is 4.04. The lowest BCUT2D eigenvalue weighted by Crippen LogP contribution is -2.56. The molecule has 0 aliphatic carbocycles. The van der Waals surface area contributed by atoms with E-state index in [9.17, 15) is 4.79 Å². The highest BCUT2D eigenvalue weighted by Gasteiger charge is 2.33. The molecular weight excluding hydrogens is 332 g/mol. The maximum Gasteiger partial charge on any atom is 0.254 e. The van der Waals surface area contributed by atoms with E-state index < -0.39 is 0 Å².